The van der Waals surface area contributed by atoms with E-state index in [1.807, 2.05) is 45.9 Å². The number of ether oxygens (including phenoxy) is 4. The van der Waals surface area contributed by atoms with E-state index < -0.39 is 16.9 Å². The van der Waals surface area contributed by atoms with Gasteiger partial charge in [0.05, 0.1) is 30.1 Å². The fourth-order valence-electron chi connectivity index (χ4n) is 4.87. The summed E-state index contributed by atoms with van der Waals surface area (Å²) in [5, 5.41) is 10.5. The van der Waals surface area contributed by atoms with Crippen molar-refractivity contribution in [2.24, 2.45) is 0 Å². The second-order valence-corrected chi connectivity index (χ2v) is 21.8. The summed E-state index contributed by atoms with van der Waals surface area (Å²) in [6, 6.07) is 14.3. The maximum absolute atomic E-state index is 6.22. The van der Waals surface area contributed by atoms with E-state index in [1.165, 1.54) is 0 Å². The molecule has 1 fully saturated rings. The Morgan fingerprint density at radius 2 is 1.74 bits per heavy atom. The van der Waals surface area contributed by atoms with Crippen LogP contribution in [0.4, 0.5) is 0 Å². The fourth-order valence-corrected chi connectivity index (χ4v) is 6.26. The van der Waals surface area contributed by atoms with Gasteiger partial charge in [-0.1, -0.05) is 32.7 Å². The second-order valence-electron chi connectivity index (χ2n) is 12.8. The van der Waals surface area contributed by atoms with Gasteiger partial charge in [-0.25, -0.2) is 14.3 Å². The first-order chi connectivity index (χ1) is 20.7. The molecule has 10 nitrogen and oxygen atoms in total. The summed E-state index contributed by atoms with van der Waals surface area (Å²) in [7, 11) is -1.79. The van der Waals surface area contributed by atoms with Crippen LogP contribution in [0.1, 0.15) is 5.69 Å². The lowest BCUT2D eigenvalue weighted by Gasteiger charge is -2.25. The number of aromatic nitrogens is 5. The van der Waals surface area contributed by atoms with Crippen LogP contribution in [0.15, 0.2) is 48.8 Å². The Hall–Kier alpha value is -2.88. The number of benzene rings is 1. The van der Waals surface area contributed by atoms with Gasteiger partial charge in [0.1, 0.15) is 19.2 Å². The van der Waals surface area contributed by atoms with Crippen molar-refractivity contribution in [2.45, 2.75) is 64.8 Å². The molecule has 1 aliphatic rings. The van der Waals surface area contributed by atoms with Gasteiger partial charge >= 0.3 is 0 Å². The van der Waals surface area contributed by atoms with E-state index in [-0.39, 0.29) is 0 Å². The highest BCUT2D eigenvalue weighted by Gasteiger charge is 2.18. The summed E-state index contributed by atoms with van der Waals surface area (Å²) in [5.74, 6) is 1.24. The van der Waals surface area contributed by atoms with Gasteiger partial charge < -0.3 is 18.9 Å². The topological polar surface area (TPSA) is 88.7 Å². The van der Waals surface area contributed by atoms with Crippen molar-refractivity contribution in [2.75, 3.05) is 39.5 Å². The number of morpholine rings is 1. The predicted molar refractivity (Wildman–Crippen MR) is 175 cm³/mol. The van der Waals surface area contributed by atoms with Gasteiger partial charge in [0.25, 0.3) is 0 Å². The van der Waals surface area contributed by atoms with Gasteiger partial charge in [0, 0.05) is 85.2 Å². The van der Waals surface area contributed by atoms with Gasteiger partial charge in [-0.15, -0.1) is 0 Å². The molecule has 0 bridgehead atoms. The smallest absolute Gasteiger partial charge is 0.219 e. The third-order valence-corrected chi connectivity index (χ3v) is 10.6. The van der Waals surface area contributed by atoms with Gasteiger partial charge in [-0.05, 0) is 36.4 Å². The summed E-state index contributed by atoms with van der Waals surface area (Å²) in [4.78, 5) is 6.99. The molecule has 43 heavy (non-hydrogen) atoms. The number of fused-ring (bicyclic) bond motifs is 1. The van der Waals surface area contributed by atoms with Crippen LogP contribution in [0.2, 0.25) is 44.8 Å². The summed E-state index contributed by atoms with van der Waals surface area (Å²) in [6.45, 7) is 18.3. The van der Waals surface area contributed by atoms with Crippen molar-refractivity contribution in [1.29, 1.82) is 0 Å². The molecule has 0 spiro atoms. The van der Waals surface area contributed by atoms with E-state index in [4.69, 9.17) is 24.0 Å². The van der Waals surface area contributed by atoms with Crippen molar-refractivity contribution >= 4 is 27.8 Å². The van der Waals surface area contributed by atoms with Gasteiger partial charge in [-0.2, -0.15) is 10.2 Å². The number of rotatable bonds is 15. The Labute approximate surface area is 257 Å². The summed E-state index contributed by atoms with van der Waals surface area (Å²) < 4.78 is 27.5. The maximum atomic E-state index is 6.22. The van der Waals surface area contributed by atoms with Crippen LogP contribution in [0, 0.1) is 0 Å². The average Bonchev–Trinajstić information content (AvgIpc) is 3.58. The molecule has 1 aliphatic heterocycles. The zero-order valence-electron chi connectivity index (χ0n) is 26.3. The highest BCUT2D eigenvalue weighted by molar-refractivity contribution is 6.76. The summed E-state index contributed by atoms with van der Waals surface area (Å²) >= 11 is 0. The van der Waals surface area contributed by atoms with Gasteiger partial charge in [-0.3, -0.25) is 4.90 Å². The molecule has 0 unspecified atom stereocenters. The maximum Gasteiger partial charge on any atom is 0.219 e. The van der Waals surface area contributed by atoms with Crippen molar-refractivity contribution in [1.82, 2.24) is 29.4 Å². The Morgan fingerprint density at radius 1 is 0.953 bits per heavy atom. The van der Waals surface area contributed by atoms with E-state index in [0.29, 0.717) is 25.1 Å². The van der Waals surface area contributed by atoms with Crippen LogP contribution in [0.3, 0.4) is 0 Å². The minimum Gasteiger partial charge on any atom is -0.439 e. The quantitative estimate of drug-likeness (QED) is 0.123. The molecular formula is C31H46N6O4Si2. The molecule has 5 rings (SSSR count). The Morgan fingerprint density at radius 3 is 2.49 bits per heavy atom. The molecular weight excluding hydrogens is 577 g/mol. The normalized spacial score (nSPS) is 14.7. The number of hydrogen-bond donors (Lipinski definition) is 0. The number of nitrogens with zero attached hydrogens (tertiary/aromatic N) is 6. The van der Waals surface area contributed by atoms with Crippen LogP contribution >= 0.6 is 0 Å². The SMILES string of the molecule is C[SiH](C)CCOCn1nccc1-c1ccc(Oc2ccc3c(CN4CCOCC4)nn(COCC[Si](C)(C)C)c3c2)nc1. The molecule has 4 heterocycles. The minimum absolute atomic E-state index is 0.414. The van der Waals surface area contributed by atoms with Crippen LogP contribution in [-0.4, -0.2) is 85.8 Å². The van der Waals surface area contributed by atoms with E-state index in [1.54, 1.807) is 6.20 Å². The van der Waals surface area contributed by atoms with E-state index in [0.717, 1.165) is 86.0 Å². The molecule has 4 aromatic rings. The molecule has 0 amide bonds. The van der Waals surface area contributed by atoms with E-state index >= 15 is 0 Å². The van der Waals surface area contributed by atoms with Crippen LogP contribution in [-0.2, 0) is 34.2 Å². The Balaban J connectivity index is 1.29. The van der Waals surface area contributed by atoms with Gasteiger partial charge in [0.15, 0.2) is 0 Å². The molecule has 1 aromatic carbocycles. The molecule has 1 saturated heterocycles. The summed E-state index contributed by atoms with van der Waals surface area (Å²) in [6.07, 6.45) is 3.61. The highest BCUT2D eigenvalue weighted by Crippen LogP contribution is 2.29. The molecule has 0 aliphatic carbocycles. The van der Waals surface area contributed by atoms with Gasteiger partial charge in [0.2, 0.25) is 5.88 Å². The first kappa shape index (κ1) is 31.5. The Bertz CT molecular complexity index is 1450. The van der Waals surface area contributed by atoms with Crippen molar-refractivity contribution < 1.29 is 18.9 Å². The van der Waals surface area contributed by atoms with Crippen LogP contribution in [0.25, 0.3) is 22.2 Å². The lowest BCUT2D eigenvalue weighted by molar-refractivity contribution is 0.0333. The minimum atomic E-state index is -1.17. The van der Waals surface area contributed by atoms with Crippen molar-refractivity contribution in [3.05, 3.63) is 54.5 Å². The molecule has 232 valence electrons. The molecule has 0 atom stereocenters. The Kier molecular flexibility index (Phi) is 10.8. The lowest BCUT2D eigenvalue weighted by atomic mass is 10.2. The van der Waals surface area contributed by atoms with Crippen LogP contribution < -0.4 is 4.74 Å². The van der Waals surface area contributed by atoms with Crippen molar-refractivity contribution in [3.8, 4) is 22.9 Å². The number of hydrogen-bond acceptors (Lipinski definition) is 8. The predicted octanol–water partition coefficient (Wildman–Crippen LogP) is 5.69. The molecule has 0 radical (unpaired) electrons. The van der Waals surface area contributed by atoms with E-state index in [9.17, 15) is 0 Å². The lowest BCUT2D eigenvalue weighted by Crippen LogP contribution is -2.35. The third kappa shape index (κ3) is 9.07. The van der Waals surface area contributed by atoms with Crippen molar-refractivity contribution in [3.63, 3.8) is 0 Å². The summed E-state index contributed by atoms with van der Waals surface area (Å²) in [5.41, 5.74) is 3.97. The zero-order valence-corrected chi connectivity index (χ0v) is 28.4. The first-order valence-electron chi connectivity index (χ1n) is 15.4. The monoisotopic (exact) mass is 622 g/mol. The van der Waals surface area contributed by atoms with E-state index in [2.05, 4.69) is 53.8 Å². The fraction of sp³-hybridized carbons (Fsp3) is 0.516. The van der Waals surface area contributed by atoms with Crippen LogP contribution in [0.5, 0.6) is 11.6 Å². The second kappa shape index (κ2) is 14.7. The third-order valence-electron chi connectivity index (χ3n) is 7.51. The standard InChI is InChI=1S/C31H46N6O4Si2/c1-42(2)18-16-39-23-36-29(10-11-33-36)25-6-9-31(32-21-25)41-26-7-8-27-28(22-35-12-14-38-15-13-35)34-37(30(27)20-26)24-40-17-19-43(3,4)5/h6-11,20-21,42H,12-19,22-24H2,1-5H3. The zero-order chi connectivity index (χ0) is 30.2. The molecule has 3 aromatic heterocycles. The first-order valence-corrected chi connectivity index (χ1v) is 22.2. The molecule has 12 heteroatoms. The average molecular weight is 623 g/mol. The molecule has 0 saturated carbocycles. The largest absolute Gasteiger partial charge is 0.439 e. The highest BCUT2D eigenvalue weighted by atomic mass is 28.3. The molecule has 0 N–H and O–H groups in total. The number of pyridine rings is 1.